The van der Waals surface area contributed by atoms with Crippen molar-refractivity contribution < 1.29 is 4.79 Å². The van der Waals surface area contributed by atoms with Gasteiger partial charge < -0.3 is 15.1 Å². The van der Waals surface area contributed by atoms with Crippen molar-refractivity contribution in [3.05, 3.63) is 0 Å². The van der Waals surface area contributed by atoms with Gasteiger partial charge in [0.2, 0.25) is 5.91 Å². The van der Waals surface area contributed by atoms with Crippen LogP contribution in [0.3, 0.4) is 0 Å². The fourth-order valence-electron chi connectivity index (χ4n) is 3.09. The van der Waals surface area contributed by atoms with Crippen LogP contribution >= 0.6 is 0 Å². The van der Waals surface area contributed by atoms with Crippen LogP contribution < -0.4 is 5.32 Å². The van der Waals surface area contributed by atoms with E-state index in [1.54, 1.807) is 0 Å². The highest BCUT2D eigenvalue weighted by molar-refractivity contribution is 5.83. The smallest absolute Gasteiger partial charge is 0.239 e. The molecular formula is C14H27N3O. The molecule has 2 aliphatic heterocycles. The fraction of sp³-hybridized carbons (Fsp3) is 0.929. The molecule has 2 heterocycles. The van der Waals surface area contributed by atoms with Crippen LogP contribution in [0.2, 0.25) is 0 Å². The zero-order chi connectivity index (χ0) is 13.0. The molecule has 2 saturated heterocycles. The Labute approximate surface area is 111 Å². The van der Waals surface area contributed by atoms with Crippen LogP contribution in [-0.2, 0) is 4.79 Å². The first-order valence-electron chi connectivity index (χ1n) is 7.49. The zero-order valence-corrected chi connectivity index (χ0v) is 11.8. The molecule has 0 aromatic heterocycles. The van der Waals surface area contributed by atoms with E-state index >= 15 is 0 Å². The molecule has 104 valence electrons. The maximum Gasteiger partial charge on any atom is 0.239 e. The van der Waals surface area contributed by atoms with Gasteiger partial charge in [-0.05, 0) is 44.8 Å². The van der Waals surface area contributed by atoms with Crippen molar-refractivity contribution in [3.63, 3.8) is 0 Å². The third-order valence-electron chi connectivity index (χ3n) is 4.23. The molecule has 18 heavy (non-hydrogen) atoms. The molecule has 0 aromatic rings. The van der Waals surface area contributed by atoms with Crippen molar-refractivity contribution in [1.29, 1.82) is 0 Å². The monoisotopic (exact) mass is 253 g/mol. The van der Waals surface area contributed by atoms with Gasteiger partial charge in [0, 0.05) is 19.6 Å². The van der Waals surface area contributed by atoms with Crippen LogP contribution in [0.5, 0.6) is 0 Å². The average Bonchev–Trinajstić information content (AvgIpc) is 2.96. The summed E-state index contributed by atoms with van der Waals surface area (Å²) in [5.41, 5.74) is 0. The molecule has 2 atom stereocenters. The van der Waals surface area contributed by atoms with E-state index in [2.05, 4.69) is 29.0 Å². The summed E-state index contributed by atoms with van der Waals surface area (Å²) in [6.07, 6.45) is 3.34. The number of nitrogens with zero attached hydrogens (tertiary/aromatic N) is 2. The van der Waals surface area contributed by atoms with Crippen molar-refractivity contribution >= 4 is 5.91 Å². The number of nitrogens with one attached hydrogen (secondary N) is 1. The maximum atomic E-state index is 12.2. The molecule has 0 aromatic carbocycles. The summed E-state index contributed by atoms with van der Waals surface area (Å²) in [5.74, 6) is 1.03. The third kappa shape index (κ3) is 3.23. The van der Waals surface area contributed by atoms with Gasteiger partial charge in [-0.25, -0.2) is 0 Å². The number of rotatable bonds is 6. The Balaban J connectivity index is 1.76. The lowest BCUT2D eigenvalue weighted by Gasteiger charge is -2.21. The average molecular weight is 253 g/mol. The number of hydrogen-bond acceptors (Lipinski definition) is 3. The summed E-state index contributed by atoms with van der Waals surface area (Å²) in [6, 6.07) is 0.0913. The van der Waals surface area contributed by atoms with Gasteiger partial charge in [0.1, 0.15) is 0 Å². The summed E-state index contributed by atoms with van der Waals surface area (Å²) in [4.78, 5) is 16.8. The number of hydrogen-bond donors (Lipinski definition) is 1. The molecule has 1 N–H and O–H groups in total. The normalized spacial score (nSPS) is 29.4. The van der Waals surface area contributed by atoms with E-state index in [-0.39, 0.29) is 6.04 Å². The molecule has 0 bridgehead atoms. The number of carbonyl (C=O) groups excluding carboxylic acids is 1. The van der Waals surface area contributed by atoms with Crippen LogP contribution in [0.15, 0.2) is 0 Å². The molecule has 2 fully saturated rings. The number of amides is 1. The zero-order valence-electron chi connectivity index (χ0n) is 11.8. The van der Waals surface area contributed by atoms with Crippen LogP contribution in [0.4, 0.5) is 0 Å². The summed E-state index contributed by atoms with van der Waals surface area (Å²) in [6.45, 7) is 10.8. The molecule has 0 radical (unpaired) electrons. The van der Waals surface area contributed by atoms with E-state index in [1.165, 1.54) is 19.5 Å². The predicted octanol–water partition coefficient (Wildman–Crippen LogP) is 0.929. The lowest BCUT2D eigenvalue weighted by Crippen LogP contribution is -2.40. The summed E-state index contributed by atoms with van der Waals surface area (Å²) in [7, 11) is 0. The van der Waals surface area contributed by atoms with Crippen molar-refractivity contribution in [3.8, 4) is 0 Å². The van der Waals surface area contributed by atoms with Gasteiger partial charge in [-0.15, -0.1) is 0 Å². The quantitative estimate of drug-likeness (QED) is 0.765. The maximum absolute atomic E-state index is 12.2. The first kappa shape index (κ1) is 13.8. The Morgan fingerprint density at radius 2 is 2.11 bits per heavy atom. The summed E-state index contributed by atoms with van der Waals surface area (Å²) >= 11 is 0. The molecule has 0 saturated carbocycles. The fourth-order valence-corrected chi connectivity index (χ4v) is 3.09. The minimum absolute atomic E-state index is 0.0913. The Morgan fingerprint density at radius 3 is 2.78 bits per heavy atom. The van der Waals surface area contributed by atoms with Crippen molar-refractivity contribution in [2.24, 2.45) is 5.92 Å². The van der Waals surface area contributed by atoms with Crippen molar-refractivity contribution in [2.75, 3.05) is 39.3 Å². The number of likely N-dealkylation sites (tertiary alicyclic amines) is 2. The van der Waals surface area contributed by atoms with E-state index in [1.807, 2.05) is 0 Å². The lowest BCUT2D eigenvalue weighted by molar-refractivity contribution is -0.129. The molecule has 2 rings (SSSR count). The van der Waals surface area contributed by atoms with E-state index in [0.29, 0.717) is 11.8 Å². The Kier molecular flexibility index (Phi) is 5.01. The Hall–Kier alpha value is -0.610. The van der Waals surface area contributed by atoms with Gasteiger partial charge in [0.15, 0.2) is 0 Å². The van der Waals surface area contributed by atoms with Gasteiger partial charge >= 0.3 is 0 Å². The standard InChI is InChI=1S/C14H27N3O/c1-3-7-15-13-6-9-17(14(13)18)11-12-5-8-16(4-2)10-12/h12-13,15H,3-11H2,1-2H3. The van der Waals surface area contributed by atoms with Crippen LogP contribution in [-0.4, -0.2) is 61.0 Å². The van der Waals surface area contributed by atoms with Crippen molar-refractivity contribution in [2.45, 2.75) is 39.2 Å². The van der Waals surface area contributed by atoms with E-state index in [4.69, 9.17) is 0 Å². The second-order valence-corrected chi connectivity index (χ2v) is 5.63. The van der Waals surface area contributed by atoms with Gasteiger partial charge in [0.25, 0.3) is 0 Å². The second-order valence-electron chi connectivity index (χ2n) is 5.63. The van der Waals surface area contributed by atoms with Gasteiger partial charge in [-0.1, -0.05) is 13.8 Å². The first-order valence-corrected chi connectivity index (χ1v) is 7.49. The molecule has 4 nitrogen and oxygen atoms in total. The summed E-state index contributed by atoms with van der Waals surface area (Å²) in [5, 5.41) is 3.35. The van der Waals surface area contributed by atoms with Crippen LogP contribution in [0.25, 0.3) is 0 Å². The predicted molar refractivity (Wildman–Crippen MR) is 73.5 cm³/mol. The summed E-state index contributed by atoms with van der Waals surface area (Å²) < 4.78 is 0. The Bertz CT molecular complexity index is 282. The van der Waals surface area contributed by atoms with E-state index in [9.17, 15) is 4.79 Å². The van der Waals surface area contributed by atoms with Crippen LogP contribution in [0, 0.1) is 5.92 Å². The molecule has 2 aliphatic rings. The van der Waals surface area contributed by atoms with Gasteiger partial charge in [-0.2, -0.15) is 0 Å². The molecule has 0 spiro atoms. The third-order valence-corrected chi connectivity index (χ3v) is 4.23. The highest BCUT2D eigenvalue weighted by Gasteiger charge is 2.33. The minimum Gasteiger partial charge on any atom is -0.341 e. The molecule has 4 heteroatoms. The SMILES string of the molecule is CCCNC1CCN(CC2CCN(CC)C2)C1=O. The van der Waals surface area contributed by atoms with Crippen molar-refractivity contribution in [1.82, 2.24) is 15.1 Å². The lowest BCUT2D eigenvalue weighted by atomic mass is 10.1. The number of carbonyl (C=O) groups is 1. The highest BCUT2D eigenvalue weighted by Crippen LogP contribution is 2.20. The highest BCUT2D eigenvalue weighted by atomic mass is 16.2. The molecule has 2 unspecified atom stereocenters. The van der Waals surface area contributed by atoms with Crippen LogP contribution in [0.1, 0.15) is 33.1 Å². The molecular weight excluding hydrogens is 226 g/mol. The van der Waals surface area contributed by atoms with Gasteiger partial charge in [-0.3, -0.25) is 4.79 Å². The largest absolute Gasteiger partial charge is 0.341 e. The molecule has 1 amide bonds. The minimum atomic E-state index is 0.0913. The van der Waals surface area contributed by atoms with E-state index < -0.39 is 0 Å². The van der Waals surface area contributed by atoms with E-state index in [0.717, 1.165) is 39.0 Å². The topological polar surface area (TPSA) is 35.6 Å². The Morgan fingerprint density at radius 1 is 1.28 bits per heavy atom. The first-order chi connectivity index (χ1) is 8.74. The van der Waals surface area contributed by atoms with Gasteiger partial charge in [0.05, 0.1) is 6.04 Å². The second kappa shape index (κ2) is 6.53. The molecule has 0 aliphatic carbocycles.